The third kappa shape index (κ3) is 3.27. The van der Waals surface area contributed by atoms with E-state index < -0.39 is 23.6 Å². The van der Waals surface area contributed by atoms with Gasteiger partial charge in [0.25, 0.3) is 0 Å². The average Bonchev–Trinajstić information content (AvgIpc) is 2.28. The molecule has 0 aliphatic heterocycles. The Morgan fingerprint density at radius 3 is 2.81 bits per heavy atom. The van der Waals surface area contributed by atoms with E-state index in [0.29, 0.717) is 0 Å². The molecular formula is C11H13F2NO2. The summed E-state index contributed by atoms with van der Waals surface area (Å²) in [6.07, 6.45) is 0. The van der Waals surface area contributed by atoms with E-state index in [4.69, 9.17) is 0 Å². The zero-order chi connectivity index (χ0) is 12.1. The summed E-state index contributed by atoms with van der Waals surface area (Å²) >= 11 is 0. The molecule has 0 saturated carbocycles. The summed E-state index contributed by atoms with van der Waals surface area (Å²) in [7, 11) is 1.26. The number of nitrogens with one attached hydrogen (secondary N) is 1. The van der Waals surface area contributed by atoms with Crippen molar-refractivity contribution in [1.82, 2.24) is 5.32 Å². The van der Waals surface area contributed by atoms with Crippen LogP contribution in [0.3, 0.4) is 0 Å². The molecule has 0 amide bonds. The van der Waals surface area contributed by atoms with Crippen molar-refractivity contribution in [3.8, 4) is 0 Å². The number of esters is 1. The SMILES string of the molecule is COC(=O)CNC(C)c1cc(F)ccc1F. The topological polar surface area (TPSA) is 38.3 Å². The normalized spacial score (nSPS) is 12.2. The lowest BCUT2D eigenvalue weighted by Crippen LogP contribution is -2.27. The Labute approximate surface area is 92.4 Å². The molecule has 3 nitrogen and oxygen atoms in total. The van der Waals surface area contributed by atoms with Gasteiger partial charge in [0.15, 0.2) is 0 Å². The Hall–Kier alpha value is -1.49. The zero-order valence-corrected chi connectivity index (χ0v) is 9.09. The fourth-order valence-corrected chi connectivity index (χ4v) is 1.26. The Morgan fingerprint density at radius 2 is 2.19 bits per heavy atom. The van der Waals surface area contributed by atoms with Gasteiger partial charge in [0.05, 0.1) is 13.7 Å². The van der Waals surface area contributed by atoms with Gasteiger partial charge in [-0.3, -0.25) is 4.79 Å². The molecule has 1 unspecified atom stereocenters. The van der Waals surface area contributed by atoms with Gasteiger partial charge in [0.2, 0.25) is 0 Å². The van der Waals surface area contributed by atoms with Crippen molar-refractivity contribution < 1.29 is 18.3 Å². The van der Waals surface area contributed by atoms with Crippen molar-refractivity contribution in [2.75, 3.05) is 13.7 Å². The fraction of sp³-hybridized carbons (Fsp3) is 0.364. The Balaban J connectivity index is 2.68. The van der Waals surface area contributed by atoms with Crippen molar-refractivity contribution >= 4 is 5.97 Å². The average molecular weight is 229 g/mol. The van der Waals surface area contributed by atoms with E-state index in [1.165, 1.54) is 7.11 Å². The predicted molar refractivity (Wildman–Crippen MR) is 54.8 cm³/mol. The second-order valence-electron chi connectivity index (χ2n) is 3.34. The van der Waals surface area contributed by atoms with Crippen molar-refractivity contribution in [3.63, 3.8) is 0 Å². The van der Waals surface area contributed by atoms with Crippen LogP contribution < -0.4 is 5.32 Å². The first kappa shape index (κ1) is 12.6. The van der Waals surface area contributed by atoms with Gasteiger partial charge < -0.3 is 10.1 Å². The van der Waals surface area contributed by atoms with E-state index >= 15 is 0 Å². The van der Waals surface area contributed by atoms with Crippen LogP contribution in [0.2, 0.25) is 0 Å². The van der Waals surface area contributed by atoms with Crippen LogP contribution in [0.5, 0.6) is 0 Å². The molecule has 5 heteroatoms. The smallest absolute Gasteiger partial charge is 0.319 e. The van der Waals surface area contributed by atoms with Crippen molar-refractivity contribution in [2.24, 2.45) is 0 Å². The first-order chi connectivity index (χ1) is 7.54. The molecule has 1 N–H and O–H groups in total. The van der Waals surface area contributed by atoms with Crippen LogP contribution in [0.1, 0.15) is 18.5 Å². The van der Waals surface area contributed by atoms with Crippen LogP contribution in [0.4, 0.5) is 8.78 Å². The monoisotopic (exact) mass is 229 g/mol. The molecular weight excluding hydrogens is 216 g/mol. The standard InChI is InChI=1S/C11H13F2NO2/c1-7(14-6-11(15)16-2)9-5-8(12)3-4-10(9)13/h3-5,7,14H,6H2,1-2H3. The summed E-state index contributed by atoms with van der Waals surface area (Å²) in [4.78, 5) is 10.8. The summed E-state index contributed by atoms with van der Waals surface area (Å²) in [5.74, 6) is -1.47. The molecule has 1 aromatic rings. The largest absolute Gasteiger partial charge is 0.468 e. The lowest BCUT2D eigenvalue weighted by Gasteiger charge is -2.14. The van der Waals surface area contributed by atoms with E-state index in [2.05, 4.69) is 10.1 Å². The molecule has 0 aromatic heterocycles. The van der Waals surface area contributed by atoms with Gasteiger partial charge in [-0.05, 0) is 25.1 Å². The lowest BCUT2D eigenvalue weighted by atomic mass is 10.1. The maximum absolute atomic E-state index is 13.3. The summed E-state index contributed by atoms with van der Waals surface area (Å²) in [6, 6.07) is 2.74. The van der Waals surface area contributed by atoms with Gasteiger partial charge in [-0.2, -0.15) is 0 Å². The Bertz CT molecular complexity index is 382. The van der Waals surface area contributed by atoms with Gasteiger partial charge in [-0.1, -0.05) is 0 Å². The van der Waals surface area contributed by atoms with Crippen LogP contribution in [0.25, 0.3) is 0 Å². The number of carbonyl (C=O) groups is 1. The molecule has 16 heavy (non-hydrogen) atoms. The number of methoxy groups -OCH3 is 1. The molecule has 0 spiro atoms. The molecule has 0 heterocycles. The van der Waals surface area contributed by atoms with Gasteiger partial charge in [0.1, 0.15) is 11.6 Å². The van der Waals surface area contributed by atoms with Gasteiger partial charge >= 0.3 is 5.97 Å². The molecule has 0 fully saturated rings. The zero-order valence-electron chi connectivity index (χ0n) is 9.09. The lowest BCUT2D eigenvalue weighted by molar-refractivity contribution is -0.139. The van der Waals surface area contributed by atoms with Crippen molar-refractivity contribution in [3.05, 3.63) is 35.4 Å². The third-order valence-corrected chi connectivity index (χ3v) is 2.20. The van der Waals surface area contributed by atoms with Crippen LogP contribution in [-0.2, 0) is 9.53 Å². The second kappa shape index (κ2) is 5.55. The van der Waals surface area contributed by atoms with Crippen LogP contribution in [0, 0.1) is 11.6 Å². The molecule has 88 valence electrons. The van der Waals surface area contributed by atoms with Gasteiger partial charge in [0, 0.05) is 11.6 Å². The van der Waals surface area contributed by atoms with E-state index in [1.54, 1.807) is 6.92 Å². The Kier molecular flexibility index (Phi) is 4.37. The molecule has 0 bridgehead atoms. The maximum atomic E-state index is 13.3. The molecule has 0 radical (unpaired) electrons. The maximum Gasteiger partial charge on any atom is 0.319 e. The third-order valence-electron chi connectivity index (χ3n) is 2.20. The molecule has 1 rings (SSSR count). The molecule has 1 atom stereocenters. The van der Waals surface area contributed by atoms with E-state index in [0.717, 1.165) is 18.2 Å². The highest BCUT2D eigenvalue weighted by molar-refractivity contribution is 5.71. The first-order valence-electron chi connectivity index (χ1n) is 4.79. The molecule has 0 aliphatic carbocycles. The number of rotatable bonds is 4. The second-order valence-corrected chi connectivity index (χ2v) is 3.34. The number of hydrogen-bond donors (Lipinski definition) is 1. The molecule has 0 aliphatic rings. The number of benzene rings is 1. The highest BCUT2D eigenvalue weighted by Gasteiger charge is 2.12. The van der Waals surface area contributed by atoms with Gasteiger partial charge in [-0.25, -0.2) is 8.78 Å². The number of carbonyl (C=O) groups excluding carboxylic acids is 1. The minimum atomic E-state index is -0.511. The van der Waals surface area contributed by atoms with E-state index in [-0.39, 0.29) is 12.1 Å². The summed E-state index contributed by atoms with van der Waals surface area (Å²) in [5.41, 5.74) is 0.184. The minimum Gasteiger partial charge on any atom is -0.468 e. The number of hydrogen-bond acceptors (Lipinski definition) is 3. The van der Waals surface area contributed by atoms with E-state index in [9.17, 15) is 13.6 Å². The Morgan fingerprint density at radius 1 is 1.50 bits per heavy atom. The van der Waals surface area contributed by atoms with Crippen molar-refractivity contribution in [1.29, 1.82) is 0 Å². The van der Waals surface area contributed by atoms with Crippen LogP contribution in [0.15, 0.2) is 18.2 Å². The van der Waals surface area contributed by atoms with Gasteiger partial charge in [-0.15, -0.1) is 0 Å². The van der Waals surface area contributed by atoms with Crippen molar-refractivity contribution in [2.45, 2.75) is 13.0 Å². The summed E-state index contributed by atoms with van der Waals surface area (Å²) < 4.78 is 30.6. The summed E-state index contributed by atoms with van der Waals surface area (Å²) in [5, 5.41) is 2.74. The quantitative estimate of drug-likeness (QED) is 0.800. The summed E-state index contributed by atoms with van der Waals surface area (Å²) in [6.45, 7) is 1.59. The highest BCUT2D eigenvalue weighted by atomic mass is 19.1. The molecule has 0 saturated heterocycles. The van der Waals surface area contributed by atoms with Crippen LogP contribution >= 0.6 is 0 Å². The predicted octanol–water partition coefficient (Wildman–Crippen LogP) is 1.79. The fourth-order valence-electron chi connectivity index (χ4n) is 1.26. The first-order valence-corrected chi connectivity index (χ1v) is 4.79. The van der Waals surface area contributed by atoms with E-state index in [1.807, 2.05) is 0 Å². The minimum absolute atomic E-state index is 0.0480. The molecule has 1 aromatic carbocycles. The van der Waals surface area contributed by atoms with Crippen LogP contribution in [-0.4, -0.2) is 19.6 Å². The highest BCUT2D eigenvalue weighted by Crippen LogP contribution is 2.17. The number of halogens is 2. The number of ether oxygens (including phenoxy) is 1.